The van der Waals surface area contributed by atoms with Crippen LogP contribution in [0.15, 0.2) is 0 Å². The third-order valence-electron chi connectivity index (χ3n) is 4.92. The SMILES string of the molecule is O=C(C1CCCNC1)N1CCCC2CCCC21. The van der Waals surface area contributed by atoms with E-state index in [1.165, 1.54) is 38.5 Å². The summed E-state index contributed by atoms with van der Waals surface area (Å²) in [4.78, 5) is 14.8. The summed E-state index contributed by atoms with van der Waals surface area (Å²) < 4.78 is 0. The van der Waals surface area contributed by atoms with Crippen molar-refractivity contribution >= 4 is 5.91 Å². The molecule has 2 aliphatic heterocycles. The fourth-order valence-corrected chi connectivity index (χ4v) is 4.02. The molecular weight excluding hydrogens is 212 g/mol. The molecule has 1 aliphatic carbocycles. The maximum Gasteiger partial charge on any atom is 0.227 e. The number of carbonyl (C=O) groups is 1. The molecule has 0 bridgehead atoms. The average Bonchev–Trinajstić information content (AvgIpc) is 2.87. The van der Waals surface area contributed by atoms with Gasteiger partial charge in [-0.05, 0) is 51.0 Å². The minimum Gasteiger partial charge on any atom is -0.339 e. The maximum absolute atomic E-state index is 12.6. The molecule has 2 saturated heterocycles. The van der Waals surface area contributed by atoms with Crippen LogP contribution in [0.25, 0.3) is 0 Å². The first-order chi connectivity index (χ1) is 8.36. The Bertz CT molecular complexity index is 286. The number of fused-ring (bicyclic) bond motifs is 1. The second kappa shape index (κ2) is 4.97. The van der Waals surface area contributed by atoms with Gasteiger partial charge in [-0.25, -0.2) is 0 Å². The van der Waals surface area contributed by atoms with Crippen molar-refractivity contribution in [2.45, 2.75) is 51.0 Å². The van der Waals surface area contributed by atoms with Gasteiger partial charge in [-0.3, -0.25) is 4.79 Å². The molecule has 1 saturated carbocycles. The molecule has 0 radical (unpaired) electrons. The molecule has 1 amide bonds. The molecule has 3 heteroatoms. The number of nitrogens with zero attached hydrogens (tertiary/aromatic N) is 1. The molecule has 17 heavy (non-hydrogen) atoms. The van der Waals surface area contributed by atoms with Crippen LogP contribution in [0, 0.1) is 11.8 Å². The van der Waals surface area contributed by atoms with Crippen molar-refractivity contribution in [1.29, 1.82) is 0 Å². The van der Waals surface area contributed by atoms with Crippen LogP contribution in [0.4, 0.5) is 0 Å². The van der Waals surface area contributed by atoms with Gasteiger partial charge in [0.05, 0.1) is 5.92 Å². The van der Waals surface area contributed by atoms with E-state index in [1.807, 2.05) is 0 Å². The van der Waals surface area contributed by atoms with E-state index >= 15 is 0 Å². The molecule has 3 fully saturated rings. The molecule has 3 rings (SSSR count). The highest BCUT2D eigenvalue weighted by molar-refractivity contribution is 5.79. The number of likely N-dealkylation sites (tertiary alicyclic amines) is 1. The van der Waals surface area contributed by atoms with Gasteiger partial charge in [0.1, 0.15) is 0 Å². The summed E-state index contributed by atoms with van der Waals surface area (Å²) in [6.07, 6.45) is 8.80. The Labute approximate surface area is 104 Å². The number of amides is 1. The van der Waals surface area contributed by atoms with E-state index in [4.69, 9.17) is 0 Å². The first-order valence-electron chi connectivity index (χ1n) is 7.37. The monoisotopic (exact) mass is 236 g/mol. The molecule has 3 unspecified atom stereocenters. The zero-order chi connectivity index (χ0) is 11.7. The standard InChI is InChI=1S/C14H24N2O/c17-14(12-5-2-8-15-10-12)16-9-3-6-11-4-1-7-13(11)16/h11-13,15H,1-10H2. The third-order valence-corrected chi connectivity index (χ3v) is 4.92. The van der Waals surface area contributed by atoms with Crippen molar-refractivity contribution < 1.29 is 4.79 Å². The van der Waals surface area contributed by atoms with E-state index in [0.29, 0.717) is 11.9 Å². The van der Waals surface area contributed by atoms with Crippen molar-refractivity contribution in [1.82, 2.24) is 10.2 Å². The summed E-state index contributed by atoms with van der Waals surface area (Å²) in [6, 6.07) is 0.596. The van der Waals surface area contributed by atoms with Crippen molar-refractivity contribution in [2.75, 3.05) is 19.6 Å². The Morgan fingerprint density at radius 3 is 2.76 bits per heavy atom. The fraction of sp³-hybridized carbons (Fsp3) is 0.929. The Balaban J connectivity index is 1.67. The van der Waals surface area contributed by atoms with E-state index in [1.54, 1.807) is 0 Å². The molecule has 0 aromatic heterocycles. The van der Waals surface area contributed by atoms with Crippen LogP contribution in [0.5, 0.6) is 0 Å². The molecule has 3 atom stereocenters. The van der Waals surface area contributed by atoms with Crippen LogP contribution in [0.2, 0.25) is 0 Å². The highest BCUT2D eigenvalue weighted by Crippen LogP contribution is 2.37. The third kappa shape index (κ3) is 2.22. The van der Waals surface area contributed by atoms with E-state index in [-0.39, 0.29) is 5.92 Å². The predicted octanol–water partition coefficient (Wildman–Crippen LogP) is 1.78. The summed E-state index contributed by atoms with van der Waals surface area (Å²) in [5.41, 5.74) is 0. The summed E-state index contributed by atoms with van der Waals surface area (Å²) in [5.74, 6) is 1.54. The molecule has 0 aromatic carbocycles. The largest absolute Gasteiger partial charge is 0.339 e. The highest BCUT2D eigenvalue weighted by Gasteiger charge is 2.39. The number of nitrogens with one attached hydrogen (secondary N) is 1. The van der Waals surface area contributed by atoms with E-state index < -0.39 is 0 Å². The van der Waals surface area contributed by atoms with Crippen LogP contribution < -0.4 is 5.32 Å². The number of rotatable bonds is 1. The van der Waals surface area contributed by atoms with Crippen molar-refractivity contribution in [2.24, 2.45) is 11.8 Å². The molecule has 2 heterocycles. The Morgan fingerprint density at radius 2 is 1.94 bits per heavy atom. The van der Waals surface area contributed by atoms with Gasteiger partial charge in [0.25, 0.3) is 0 Å². The van der Waals surface area contributed by atoms with Crippen molar-refractivity contribution in [3.05, 3.63) is 0 Å². The highest BCUT2D eigenvalue weighted by atomic mass is 16.2. The molecule has 3 nitrogen and oxygen atoms in total. The summed E-state index contributed by atoms with van der Waals surface area (Å²) in [5, 5.41) is 3.37. The van der Waals surface area contributed by atoms with Gasteiger partial charge in [0.15, 0.2) is 0 Å². The van der Waals surface area contributed by atoms with Gasteiger partial charge in [-0.15, -0.1) is 0 Å². The second-order valence-corrected chi connectivity index (χ2v) is 5.98. The number of carbonyl (C=O) groups excluding carboxylic acids is 1. The quantitative estimate of drug-likeness (QED) is 0.752. The van der Waals surface area contributed by atoms with Gasteiger partial charge in [0.2, 0.25) is 5.91 Å². The molecule has 96 valence electrons. The lowest BCUT2D eigenvalue weighted by Crippen LogP contribution is -2.51. The zero-order valence-corrected chi connectivity index (χ0v) is 10.7. The van der Waals surface area contributed by atoms with E-state index in [9.17, 15) is 4.79 Å². The van der Waals surface area contributed by atoms with Gasteiger partial charge in [-0.1, -0.05) is 6.42 Å². The molecule has 0 spiro atoms. The van der Waals surface area contributed by atoms with Gasteiger partial charge in [0, 0.05) is 19.1 Å². The lowest BCUT2D eigenvalue weighted by Gasteiger charge is -2.40. The van der Waals surface area contributed by atoms with E-state index in [0.717, 1.165) is 32.0 Å². The van der Waals surface area contributed by atoms with Gasteiger partial charge >= 0.3 is 0 Å². The topological polar surface area (TPSA) is 32.3 Å². The Kier molecular flexibility index (Phi) is 3.37. The van der Waals surface area contributed by atoms with E-state index in [2.05, 4.69) is 10.2 Å². The minimum atomic E-state index is 0.267. The first kappa shape index (κ1) is 11.5. The first-order valence-corrected chi connectivity index (χ1v) is 7.37. The minimum absolute atomic E-state index is 0.267. The van der Waals surface area contributed by atoms with Crippen LogP contribution >= 0.6 is 0 Å². The molecule has 1 N–H and O–H groups in total. The van der Waals surface area contributed by atoms with Crippen LogP contribution in [0.1, 0.15) is 44.9 Å². The van der Waals surface area contributed by atoms with Crippen molar-refractivity contribution in [3.63, 3.8) is 0 Å². The van der Waals surface area contributed by atoms with Gasteiger partial charge < -0.3 is 10.2 Å². The maximum atomic E-state index is 12.6. The van der Waals surface area contributed by atoms with Crippen LogP contribution in [-0.2, 0) is 4.79 Å². The smallest absolute Gasteiger partial charge is 0.227 e. The number of piperidine rings is 2. The molecule has 0 aromatic rings. The summed E-state index contributed by atoms with van der Waals surface area (Å²) >= 11 is 0. The normalized spacial score (nSPS) is 37.9. The summed E-state index contributed by atoms with van der Waals surface area (Å²) in [6.45, 7) is 3.03. The number of hydrogen-bond donors (Lipinski definition) is 1. The predicted molar refractivity (Wildman–Crippen MR) is 67.7 cm³/mol. The van der Waals surface area contributed by atoms with Crippen molar-refractivity contribution in [3.8, 4) is 0 Å². The lowest BCUT2D eigenvalue weighted by molar-refractivity contribution is -0.140. The van der Waals surface area contributed by atoms with Crippen LogP contribution in [-0.4, -0.2) is 36.5 Å². The average molecular weight is 236 g/mol. The molecular formula is C14H24N2O. The number of hydrogen-bond acceptors (Lipinski definition) is 2. The Morgan fingerprint density at radius 1 is 1.06 bits per heavy atom. The summed E-state index contributed by atoms with van der Waals surface area (Å²) in [7, 11) is 0. The fourth-order valence-electron chi connectivity index (χ4n) is 4.02. The Hall–Kier alpha value is -0.570. The lowest BCUT2D eigenvalue weighted by atomic mass is 9.89. The van der Waals surface area contributed by atoms with Gasteiger partial charge in [-0.2, -0.15) is 0 Å². The zero-order valence-electron chi connectivity index (χ0n) is 10.7. The second-order valence-electron chi connectivity index (χ2n) is 5.98. The van der Waals surface area contributed by atoms with Crippen LogP contribution in [0.3, 0.4) is 0 Å². The molecule has 3 aliphatic rings.